The molecule has 2 aromatic carbocycles. The van der Waals surface area contributed by atoms with E-state index < -0.39 is 29.9 Å². The third-order valence-corrected chi connectivity index (χ3v) is 6.82. The number of nitrogens with two attached hydrogens (primary N) is 2. The van der Waals surface area contributed by atoms with Gasteiger partial charge in [0.15, 0.2) is 0 Å². The Morgan fingerprint density at radius 3 is 2.38 bits per heavy atom. The maximum Gasteiger partial charge on any atom is 0.243 e. The van der Waals surface area contributed by atoms with Gasteiger partial charge >= 0.3 is 0 Å². The van der Waals surface area contributed by atoms with Crippen molar-refractivity contribution in [3.8, 4) is 0 Å². The van der Waals surface area contributed by atoms with Crippen LogP contribution < -0.4 is 22.1 Å². The summed E-state index contributed by atoms with van der Waals surface area (Å²) in [6.45, 7) is 0.0772. The number of aldehydes is 1. The van der Waals surface area contributed by atoms with E-state index in [9.17, 15) is 19.2 Å². The molecule has 210 valence electrons. The van der Waals surface area contributed by atoms with Crippen molar-refractivity contribution in [2.45, 2.75) is 43.9 Å². The lowest BCUT2D eigenvalue weighted by Gasteiger charge is -2.24. The first-order valence-corrected chi connectivity index (χ1v) is 14.2. The van der Waals surface area contributed by atoms with Gasteiger partial charge in [0.1, 0.15) is 23.8 Å². The molecule has 0 spiro atoms. The highest BCUT2D eigenvalue weighted by atomic mass is 32.2. The third-order valence-electron chi connectivity index (χ3n) is 6.18. The lowest BCUT2D eigenvalue weighted by Crippen LogP contribution is -2.55. The molecule has 11 heteroatoms. The fourth-order valence-corrected chi connectivity index (χ4v) is 4.54. The molecule has 0 aliphatic carbocycles. The number of ketones is 1. The molecule has 10 nitrogen and oxygen atoms in total. The highest BCUT2D eigenvalue weighted by Gasteiger charge is 2.29. The van der Waals surface area contributed by atoms with Gasteiger partial charge in [-0.3, -0.25) is 19.2 Å². The number of Topliss-reactive ketones (excluding diaryl/α,β-unsaturated/α-hetero) is 1. The highest BCUT2D eigenvalue weighted by molar-refractivity contribution is 7.98. The average molecular weight is 563 g/mol. The molecule has 0 bridgehead atoms. The molecule has 6 N–H and O–H groups in total. The van der Waals surface area contributed by atoms with Crippen LogP contribution in [-0.4, -0.2) is 64.0 Å². The van der Waals surface area contributed by atoms with Crippen molar-refractivity contribution in [1.29, 1.82) is 0 Å². The van der Waals surface area contributed by atoms with Crippen LogP contribution in [-0.2, 0) is 29.0 Å². The van der Waals surface area contributed by atoms with Gasteiger partial charge in [-0.2, -0.15) is 11.8 Å². The molecule has 1 heterocycles. The van der Waals surface area contributed by atoms with Gasteiger partial charge in [0, 0.05) is 18.2 Å². The monoisotopic (exact) mass is 562 g/mol. The van der Waals surface area contributed by atoms with Crippen LogP contribution in [0.1, 0.15) is 44.2 Å². The van der Waals surface area contributed by atoms with Crippen LogP contribution in [0, 0.1) is 0 Å². The first kappa shape index (κ1) is 30.6. The summed E-state index contributed by atoms with van der Waals surface area (Å²) in [5.41, 5.74) is 14.0. The number of hydrogen-bond acceptors (Lipinski definition) is 9. The van der Waals surface area contributed by atoms with E-state index in [1.54, 1.807) is 36.0 Å². The Kier molecular flexibility index (Phi) is 11.9. The first-order valence-electron chi connectivity index (χ1n) is 12.8. The van der Waals surface area contributed by atoms with E-state index in [4.69, 9.17) is 11.5 Å². The number of rotatable bonds is 15. The fraction of sp³-hybridized carbons (Fsp3) is 0.310. The number of nitrogens with one attached hydrogen (secondary N) is 2. The number of aromatic nitrogens is 2. The quantitative estimate of drug-likeness (QED) is 0.158. The van der Waals surface area contributed by atoms with Gasteiger partial charge in [0.25, 0.3) is 0 Å². The molecule has 1 aromatic heterocycles. The number of amides is 2. The van der Waals surface area contributed by atoms with E-state index in [1.807, 2.05) is 36.6 Å². The van der Waals surface area contributed by atoms with Crippen LogP contribution in [0.2, 0.25) is 0 Å². The van der Waals surface area contributed by atoms with Crippen molar-refractivity contribution in [2.24, 2.45) is 11.5 Å². The lowest BCUT2D eigenvalue weighted by atomic mass is 10.0. The van der Waals surface area contributed by atoms with Crippen LogP contribution in [0.15, 0.2) is 66.9 Å². The van der Waals surface area contributed by atoms with Gasteiger partial charge in [-0.15, -0.1) is 0 Å². The SMILES string of the molecule is CSCCC(NC(=O)C(Cc1ccccc1)NC(=O)C(N)Cc1cccc(C=O)c1)C(=O)c1ccnc(CN)n1. The maximum absolute atomic E-state index is 13.6. The fourth-order valence-electron chi connectivity index (χ4n) is 4.07. The number of thioether (sulfide) groups is 1. The molecule has 40 heavy (non-hydrogen) atoms. The van der Waals surface area contributed by atoms with E-state index >= 15 is 0 Å². The largest absolute Gasteiger partial charge is 0.344 e. The highest BCUT2D eigenvalue weighted by Crippen LogP contribution is 2.11. The maximum atomic E-state index is 13.6. The molecule has 0 fully saturated rings. The zero-order valence-corrected chi connectivity index (χ0v) is 23.1. The molecular weight excluding hydrogens is 528 g/mol. The second kappa shape index (κ2) is 15.6. The van der Waals surface area contributed by atoms with Crippen LogP contribution in [0.25, 0.3) is 0 Å². The average Bonchev–Trinajstić information content (AvgIpc) is 2.98. The van der Waals surface area contributed by atoms with Crippen LogP contribution in [0.4, 0.5) is 0 Å². The summed E-state index contributed by atoms with van der Waals surface area (Å²) in [7, 11) is 0. The van der Waals surface area contributed by atoms with Crippen LogP contribution >= 0.6 is 11.8 Å². The first-order chi connectivity index (χ1) is 19.3. The van der Waals surface area contributed by atoms with Gasteiger partial charge < -0.3 is 22.1 Å². The lowest BCUT2D eigenvalue weighted by molar-refractivity contribution is -0.129. The summed E-state index contributed by atoms with van der Waals surface area (Å²) in [6.07, 6.45) is 4.83. The van der Waals surface area contributed by atoms with E-state index in [0.29, 0.717) is 23.6 Å². The van der Waals surface area contributed by atoms with E-state index in [0.717, 1.165) is 17.4 Å². The Hall–Kier alpha value is -3.93. The zero-order chi connectivity index (χ0) is 28.9. The second-order valence-corrected chi connectivity index (χ2v) is 10.2. The third kappa shape index (κ3) is 9.08. The predicted molar refractivity (Wildman–Crippen MR) is 155 cm³/mol. The molecule has 0 radical (unpaired) electrons. The molecule has 0 aliphatic heterocycles. The number of benzene rings is 2. The summed E-state index contributed by atoms with van der Waals surface area (Å²) < 4.78 is 0. The molecule has 0 saturated heterocycles. The Morgan fingerprint density at radius 2 is 1.68 bits per heavy atom. The molecule has 2 amide bonds. The van der Waals surface area contributed by atoms with Gasteiger partial charge in [-0.1, -0.05) is 48.5 Å². The normalized spacial score (nSPS) is 13.1. The van der Waals surface area contributed by atoms with E-state index in [1.165, 1.54) is 12.3 Å². The molecule has 3 rings (SSSR count). The van der Waals surface area contributed by atoms with Crippen molar-refractivity contribution in [3.05, 3.63) is 95.1 Å². The molecule has 0 aliphatic rings. The molecule has 3 aromatic rings. The predicted octanol–water partition coefficient (Wildman–Crippen LogP) is 1.47. The van der Waals surface area contributed by atoms with Crippen LogP contribution in [0.5, 0.6) is 0 Å². The summed E-state index contributed by atoms with van der Waals surface area (Å²) in [5.74, 6) is -0.465. The molecule has 3 unspecified atom stereocenters. The molecule has 3 atom stereocenters. The summed E-state index contributed by atoms with van der Waals surface area (Å²) >= 11 is 1.54. The standard InChI is InChI=1S/C29H34N6O4S/c1-40-13-11-24(27(37)23-10-12-32-26(17-30)33-23)34-29(39)25(16-19-6-3-2-4-7-19)35-28(38)22(31)15-20-8-5-9-21(14-20)18-36/h2-10,12,14,18,22,24-25H,11,13,15-17,30-31H2,1H3,(H,34,39)(H,35,38). The minimum atomic E-state index is -0.989. The van der Waals surface area contributed by atoms with Crippen molar-refractivity contribution in [2.75, 3.05) is 12.0 Å². The van der Waals surface area contributed by atoms with Crippen molar-refractivity contribution in [3.63, 3.8) is 0 Å². The van der Waals surface area contributed by atoms with Crippen molar-refractivity contribution >= 4 is 35.6 Å². The van der Waals surface area contributed by atoms with Crippen molar-refractivity contribution in [1.82, 2.24) is 20.6 Å². The second-order valence-electron chi connectivity index (χ2n) is 9.19. The van der Waals surface area contributed by atoms with Gasteiger partial charge in [-0.05, 0) is 48.1 Å². The topological polar surface area (TPSA) is 170 Å². The molecular formula is C29H34N6O4S. The van der Waals surface area contributed by atoms with Crippen LogP contribution in [0.3, 0.4) is 0 Å². The van der Waals surface area contributed by atoms with E-state index in [-0.39, 0.29) is 30.9 Å². The minimum Gasteiger partial charge on any atom is -0.344 e. The number of hydrogen-bond donors (Lipinski definition) is 4. The number of carbonyl (C=O) groups excluding carboxylic acids is 4. The summed E-state index contributed by atoms with van der Waals surface area (Å²) in [5, 5.41) is 5.60. The number of nitrogens with zero attached hydrogens (tertiary/aromatic N) is 2. The number of carbonyl (C=O) groups is 4. The molecule has 0 saturated carbocycles. The Bertz CT molecular complexity index is 1310. The van der Waals surface area contributed by atoms with Gasteiger partial charge in [0.2, 0.25) is 17.6 Å². The Labute approximate surface area is 237 Å². The summed E-state index contributed by atoms with van der Waals surface area (Å²) in [4.78, 5) is 59.3. The van der Waals surface area contributed by atoms with Gasteiger partial charge in [0.05, 0.1) is 18.6 Å². The van der Waals surface area contributed by atoms with Crippen molar-refractivity contribution < 1.29 is 19.2 Å². The van der Waals surface area contributed by atoms with E-state index in [2.05, 4.69) is 20.6 Å². The minimum absolute atomic E-state index is 0.0772. The zero-order valence-electron chi connectivity index (χ0n) is 22.3. The smallest absolute Gasteiger partial charge is 0.243 e. The summed E-state index contributed by atoms with van der Waals surface area (Å²) in [6, 6.07) is 14.7. The Balaban J connectivity index is 1.79. The van der Waals surface area contributed by atoms with Gasteiger partial charge in [-0.25, -0.2) is 9.97 Å². The Morgan fingerprint density at radius 1 is 0.950 bits per heavy atom.